The molecular formula is C11H18N4. The van der Waals surface area contributed by atoms with Gasteiger partial charge in [0.25, 0.3) is 0 Å². The summed E-state index contributed by atoms with van der Waals surface area (Å²) in [5, 5.41) is 13.5. The van der Waals surface area contributed by atoms with E-state index in [0.29, 0.717) is 11.4 Å². The van der Waals surface area contributed by atoms with Crippen LogP contribution in [0.2, 0.25) is 0 Å². The van der Waals surface area contributed by atoms with Gasteiger partial charge in [-0.15, -0.1) is 0 Å². The molecule has 1 heterocycles. The quantitative estimate of drug-likeness (QED) is 0.825. The second-order valence-corrected chi connectivity index (χ2v) is 4.11. The third-order valence-electron chi connectivity index (χ3n) is 2.64. The number of nitrogens with zero attached hydrogens (tertiary/aromatic N) is 3. The van der Waals surface area contributed by atoms with Gasteiger partial charge in [0, 0.05) is 0 Å². The topological polar surface area (TPSA) is 67.6 Å². The van der Waals surface area contributed by atoms with E-state index in [1.165, 1.54) is 0 Å². The molecule has 0 radical (unpaired) electrons. The summed E-state index contributed by atoms with van der Waals surface area (Å²) in [4.78, 5) is 0. The van der Waals surface area contributed by atoms with Crippen molar-refractivity contribution >= 4 is 5.82 Å². The van der Waals surface area contributed by atoms with Gasteiger partial charge in [0.05, 0.1) is 11.7 Å². The van der Waals surface area contributed by atoms with Crippen molar-refractivity contribution in [3.63, 3.8) is 0 Å². The standard InChI is InChI=1S/C11H18N4/c1-5-8(4)15-11(13)9(6-12)10(14-15)7(2)3/h7-8H,5,13H2,1-4H3/t8-/m1/s1. The van der Waals surface area contributed by atoms with Crippen molar-refractivity contribution in [3.05, 3.63) is 11.3 Å². The first kappa shape index (κ1) is 11.6. The number of hydrogen-bond donors (Lipinski definition) is 1. The molecule has 0 aliphatic carbocycles. The molecule has 0 saturated carbocycles. The highest BCUT2D eigenvalue weighted by atomic mass is 15.3. The van der Waals surface area contributed by atoms with E-state index in [-0.39, 0.29) is 12.0 Å². The first-order chi connectivity index (χ1) is 7.02. The normalized spacial score (nSPS) is 12.8. The van der Waals surface area contributed by atoms with E-state index in [1.807, 2.05) is 13.8 Å². The third kappa shape index (κ3) is 1.96. The van der Waals surface area contributed by atoms with Gasteiger partial charge in [0.1, 0.15) is 17.5 Å². The summed E-state index contributed by atoms with van der Waals surface area (Å²) >= 11 is 0. The molecule has 0 bridgehead atoms. The van der Waals surface area contributed by atoms with Gasteiger partial charge in [-0.25, -0.2) is 4.68 Å². The molecule has 1 atom stereocenters. The number of nitrogens with two attached hydrogens (primary N) is 1. The van der Waals surface area contributed by atoms with E-state index in [9.17, 15) is 0 Å². The van der Waals surface area contributed by atoms with Crippen LogP contribution in [0.4, 0.5) is 5.82 Å². The number of rotatable bonds is 3. The smallest absolute Gasteiger partial charge is 0.140 e. The monoisotopic (exact) mass is 206 g/mol. The van der Waals surface area contributed by atoms with Crippen LogP contribution in [0, 0.1) is 11.3 Å². The van der Waals surface area contributed by atoms with Gasteiger partial charge in [-0.05, 0) is 19.3 Å². The zero-order chi connectivity index (χ0) is 11.6. The molecule has 0 amide bonds. The Bertz CT molecular complexity index is 384. The Hall–Kier alpha value is -1.50. The summed E-state index contributed by atoms with van der Waals surface area (Å²) in [5.74, 6) is 0.725. The fourth-order valence-corrected chi connectivity index (χ4v) is 1.49. The minimum atomic E-state index is 0.229. The molecule has 0 spiro atoms. The van der Waals surface area contributed by atoms with Crippen molar-refractivity contribution in [2.24, 2.45) is 0 Å². The second-order valence-electron chi connectivity index (χ2n) is 4.11. The van der Waals surface area contributed by atoms with Crippen molar-refractivity contribution in [1.82, 2.24) is 9.78 Å². The van der Waals surface area contributed by atoms with Crippen LogP contribution in [-0.2, 0) is 0 Å². The minimum Gasteiger partial charge on any atom is -0.383 e. The molecule has 4 nitrogen and oxygen atoms in total. The maximum Gasteiger partial charge on any atom is 0.140 e. The summed E-state index contributed by atoms with van der Waals surface area (Å²) in [6.07, 6.45) is 0.953. The summed E-state index contributed by atoms with van der Waals surface area (Å²) in [7, 11) is 0. The number of nitriles is 1. The lowest BCUT2D eigenvalue weighted by Gasteiger charge is -2.10. The highest BCUT2D eigenvalue weighted by Crippen LogP contribution is 2.26. The fourth-order valence-electron chi connectivity index (χ4n) is 1.49. The summed E-state index contributed by atoms with van der Waals surface area (Å²) in [5.41, 5.74) is 7.24. The molecule has 0 aliphatic rings. The van der Waals surface area contributed by atoms with E-state index < -0.39 is 0 Å². The molecule has 0 unspecified atom stereocenters. The third-order valence-corrected chi connectivity index (χ3v) is 2.64. The van der Waals surface area contributed by atoms with Crippen molar-refractivity contribution in [2.75, 3.05) is 5.73 Å². The van der Waals surface area contributed by atoms with Gasteiger partial charge in [-0.1, -0.05) is 20.8 Å². The molecule has 1 rings (SSSR count). The van der Waals surface area contributed by atoms with Crippen LogP contribution in [0.15, 0.2) is 0 Å². The van der Waals surface area contributed by atoms with Crippen LogP contribution in [0.1, 0.15) is 57.3 Å². The Labute approximate surface area is 90.7 Å². The Morgan fingerprint density at radius 1 is 1.47 bits per heavy atom. The second kappa shape index (κ2) is 4.35. The van der Waals surface area contributed by atoms with Gasteiger partial charge >= 0.3 is 0 Å². The number of hydrogen-bond acceptors (Lipinski definition) is 3. The SMILES string of the molecule is CC[C@@H](C)n1nc(C(C)C)c(C#N)c1N. The number of aromatic nitrogens is 2. The minimum absolute atomic E-state index is 0.229. The Balaban J connectivity index is 3.29. The van der Waals surface area contributed by atoms with Crippen LogP contribution in [-0.4, -0.2) is 9.78 Å². The number of nitrogen functional groups attached to an aromatic ring is 1. The van der Waals surface area contributed by atoms with Crippen LogP contribution >= 0.6 is 0 Å². The van der Waals surface area contributed by atoms with Gasteiger partial charge in [-0.3, -0.25) is 0 Å². The Morgan fingerprint density at radius 2 is 2.07 bits per heavy atom. The van der Waals surface area contributed by atoms with Crippen LogP contribution < -0.4 is 5.73 Å². The predicted octanol–water partition coefficient (Wildman–Crippen LogP) is 2.43. The van der Waals surface area contributed by atoms with E-state index in [1.54, 1.807) is 4.68 Å². The molecule has 0 aromatic carbocycles. The number of anilines is 1. The van der Waals surface area contributed by atoms with Crippen molar-refractivity contribution in [2.45, 2.75) is 46.1 Å². The molecule has 0 aliphatic heterocycles. The summed E-state index contributed by atoms with van der Waals surface area (Å²) < 4.78 is 1.76. The lowest BCUT2D eigenvalue weighted by Crippen LogP contribution is -2.09. The van der Waals surface area contributed by atoms with Crippen molar-refractivity contribution in [3.8, 4) is 6.07 Å². The summed E-state index contributed by atoms with van der Waals surface area (Å²) in [6.45, 7) is 8.16. The van der Waals surface area contributed by atoms with Crippen LogP contribution in [0.25, 0.3) is 0 Å². The van der Waals surface area contributed by atoms with Gasteiger partial charge < -0.3 is 5.73 Å². The predicted molar refractivity (Wildman–Crippen MR) is 60.4 cm³/mol. The molecule has 1 aromatic rings. The lowest BCUT2D eigenvalue weighted by atomic mass is 10.1. The molecule has 0 fully saturated rings. The maximum absolute atomic E-state index is 9.03. The van der Waals surface area contributed by atoms with Gasteiger partial charge in [0.2, 0.25) is 0 Å². The Kier molecular flexibility index (Phi) is 3.35. The van der Waals surface area contributed by atoms with Crippen LogP contribution in [0.3, 0.4) is 0 Å². The van der Waals surface area contributed by atoms with E-state index in [4.69, 9.17) is 11.0 Å². The lowest BCUT2D eigenvalue weighted by molar-refractivity contribution is 0.478. The largest absolute Gasteiger partial charge is 0.383 e. The van der Waals surface area contributed by atoms with Gasteiger partial charge in [-0.2, -0.15) is 10.4 Å². The molecule has 82 valence electrons. The molecule has 0 saturated heterocycles. The van der Waals surface area contributed by atoms with Crippen molar-refractivity contribution in [1.29, 1.82) is 5.26 Å². The fraction of sp³-hybridized carbons (Fsp3) is 0.636. The molecular weight excluding hydrogens is 188 g/mol. The van der Waals surface area contributed by atoms with Crippen molar-refractivity contribution < 1.29 is 0 Å². The molecule has 4 heteroatoms. The van der Waals surface area contributed by atoms with Gasteiger partial charge in [0.15, 0.2) is 0 Å². The highest BCUT2D eigenvalue weighted by Gasteiger charge is 2.19. The maximum atomic E-state index is 9.03. The zero-order valence-corrected chi connectivity index (χ0v) is 9.78. The molecule has 15 heavy (non-hydrogen) atoms. The van der Waals surface area contributed by atoms with Crippen LogP contribution in [0.5, 0.6) is 0 Å². The van der Waals surface area contributed by atoms with E-state index in [2.05, 4.69) is 25.0 Å². The average molecular weight is 206 g/mol. The van der Waals surface area contributed by atoms with E-state index in [0.717, 1.165) is 12.1 Å². The zero-order valence-electron chi connectivity index (χ0n) is 9.78. The first-order valence-corrected chi connectivity index (χ1v) is 5.30. The highest BCUT2D eigenvalue weighted by molar-refractivity contribution is 5.53. The van der Waals surface area contributed by atoms with E-state index >= 15 is 0 Å². The Morgan fingerprint density at radius 3 is 2.40 bits per heavy atom. The summed E-state index contributed by atoms with van der Waals surface area (Å²) in [6, 6.07) is 2.38. The molecule has 2 N–H and O–H groups in total. The first-order valence-electron chi connectivity index (χ1n) is 5.30. The molecule has 1 aromatic heterocycles. The average Bonchev–Trinajstić information content (AvgIpc) is 2.54.